The van der Waals surface area contributed by atoms with Crippen molar-refractivity contribution < 1.29 is 22.7 Å². The van der Waals surface area contributed by atoms with Crippen molar-refractivity contribution in [1.82, 2.24) is 10.2 Å². The molecule has 43 heavy (non-hydrogen) atoms. The molecule has 3 aromatic rings. The van der Waals surface area contributed by atoms with Crippen LogP contribution in [-0.2, 0) is 26.2 Å². The third-order valence-corrected chi connectivity index (χ3v) is 9.86. The van der Waals surface area contributed by atoms with Crippen LogP contribution in [0, 0.1) is 20.8 Å². The third kappa shape index (κ3) is 7.76. The summed E-state index contributed by atoms with van der Waals surface area (Å²) in [5.74, 6) is -0.0517. The molecule has 8 nitrogen and oxygen atoms in total. The van der Waals surface area contributed by atoms with Gasteiger partial charge in [-0.05, 0) is 81.5 Å². The zero-order valence-electron chi connectivity index (χ0n) is 25.8. The van der Waals surface area contributed by atoms with E-state index in [0.29, 0.717) is 17.9 Å². The summed E-state index contributed by atoms with van der Waals surface area (Å²) < 4.78 is 34.9. The van der Waals surface area contributed by atoms with E-state index in [0.717, 1.165) is 47.9 Å². The normalized spacial score (nSPS) is 14.3. The van der Waals surface area contributed by atoms with Crippen molar-refractivity contribution in [3.05, 3.63) is 89.0 Å². The Morgan fingerprint density at radius 1 is 0.953 bits per heavy atom. The third-order valence-electron chi connectivity index (χ3n) is 8.08. The molecule has 1 atom stereocenters. The smallest absolute Gasteiger partial charge is 0.264 e. The molecule has 0 radical (unpaired) electrons. The van der Waals surface area contributed by atoms with E-state index in [1.165, 1.54) is 9.21 Å². The molecule has 1 aliphatic carbocycles. The van der Waals surface area contributed by atoms with E-state index in [1.807, 2.05) is 64.1 Å². The lowest BCUT2D eigenvalue weighted by Crippen LogP contribution is -2.53. The topological polar surface area (TPSA) is 96.0 Å². The molecule has 230 valence electrons. The van der Waals surface area contributed by atoms with Crippen molar-refractivity contribution in [3.63, 3.8) is 0 Å². The number of hydrogen-bond donors (Lipinski definition) is 1. The number of amides is 2. The van der Waals surface area contributed by atoms with Gasteiger partial charge >= 0.3 is 0 Å². The molecule has 0 saturated heterocycles. The first-order valence-electron chi connectivity index (χ1n) is 14.9. The van der Waals surface area contributed by atoms with Crippen LogP contribution in [0.5, 0.6) is 5.75 Å². The van der Waals surface area contributed by atoms with Gasteiger partial charge in [0.2, 0.25) is 11.8 Å². The second-order valence-electron chi connectivity index (χ2n) is 11.4. The van der Waals surface area contributed by atoms with Gasteiger partial charge in [-0.1, -0.05) is 67.3 Å². The maximum absolute atomic E-state index is 14.3. The summed E-state index contributed by atoms with van der Waals surface area (Å²) in [4.78, 5) is 29.6. The molecule has 0 bridgehead atoms. The highest BCUT2D eigenvalue weighted by atomic mass is 32.2. The van der Waals surface area contributed by atoms with Crippen LogP contribution in [0.25, 0.3) is 0 Å². The fraction of sp³-hybridized carbons (Fsp3) is 0.412. The Morgan fingerprint density at radius 3 is 2.26 bits per heavy atom. The highest BCUT2D eigenvalue weighted by Gasteiger charge is 2.35. The summed E-state index contributed by atoms with van der Waals surface area (Å²) in [6.07, 6.45) is 4.34. The number of sulfonamides is 1. The molecule has 1 saturated carbocycles. The second kappa shape index (κ2) is 14.1. The molecule has 0 aromatic heterocycles. The molecule has 0 spiro atoms. The standard InChI is InChI=1S/C34H43N3O5S/c1-6-31(34(39)35-28-11-7-8-12-28)36(22-27-10-9-13-29(21-27)42-5)33(38)23-37(32-19-16-25(3)20-26(32)4)43(40,41)30-17-14-24(2)15-18-30/h9-10,13-21,28,31H,6-8,11-12,22-23H2,1-5H3,(H,35,39). The Labute approximate surface area is 256 Å². The lowest BCUT2D eigenvalue weighted by Gasteiger charge is -2.34. The zero-order valence-corrected chi connectivity index (χ0v) is 26.6. The van der Waals surface area contributed by atoms with Crippen LogP contribution in [0.1, 0.15) is 61.3 Å². The average molecular weight is 606 g/mol. The van der Waals surface area contributed by atoms with Crippen LogP contribution in [0.3, 0.4) is 0 Å². The Bertz CT molecular complexity index is 1530. The monoisotopic (exact) mass is 605 g/mol. The number of rotatable bonds is 12. The van der Waals surface area contributed by atoms with E-state index in [9.17, 15) is 18.0 Å². The molecule has 1 N–H and O–H groups in total. The largest absolute Gasteiger partial charge is 0.497 e. The van der Waals surface area contributed by atoms with Crippen molar-refractivity contribution in [2.24, 2.45) is 0 Å². The Morgan fingerprint density at radius 2 is 1.63 bits per heavy atom. The zero-order chi connectivity index (χ0) is 31.1. The number of nitrogens with one attached hydrogen (secondary N) is 1. The van der Waals surface area contributed by atoms with E-state index in [1.54, 1.807) is 37.4 Å². The number of benzene rings is 3. The minimum absolute atomic E-state index is 0.0870. The highest BCUT2D eigenvalue weighted by Crippen LogP contribution is 2.29. The van der Waals surface area contributed by atoms with Gasteiger partial charge in [0.25, 0.3) is 10.0 Å². The van der Waals surface area contributed by atoms with Crippen LogP contribution < -0.4 is 14.4 Å². The highest BCUT2D eigenvalue weighted by molar-refractivity contribution is 7.92. The predicted octanol–water partition coefficient (Wildman–Crippen LogP) is 5.68. The first-order chi connectivity index (χ1) is 20.5. The van der Waals surface area contributed by atoms with E-state index in [2.05, 4.69) is 5.32 Å². The summed E-state index contributed by atoms with van der Waals surface area (Å²) in [5, 5.41) is 3.15. The number of aryl methyl sites for hydroxylation is 3. The van der Waals surface area contributed by atoms with Gasteiger partial charge in [-0.25, -0.2) is 8.42 Å². The van der Waals surface area contributed by atoms with E-state index in [-0.39, 0.29) is 23.4 Å². The van der Waals surface area contributed by atoms with Crippen molar-refractivity contribution in [2.45, 2.75) is 83.3 Å². The van der Waals surface area contributed by atoms with E-state index >= 15 is 0 Å². The predicted molar refractivity (Wildman–Crippen MR) is 170 cm³/mol. The number of carbonyl (C=O) groups is 2. The minimum Gasteiger partial charge on any atom is -0.497 e. The molecule has 0 heterocycles. The molecule has 1 aliphatic rings. The number of anilines is 1. The van der Waals surface area contributed by atoms with Crippen LogP contribution >= 0.6 is 0 Å². The fourth-order valence-corrected chi connectivity index (χ4v) is 7.17. The molecule has 1 unspecified atom stereocenters. The van der Waals surface area contributed by atoms with Gasteiger partial charge in [0.1, 0.15) is 18.3 Å². The average Bonchev–Trinajstić information content (AvgIpc) is 3.49. The van der Waals surface area contributed by atoms with Crippen molar-refractivity contribution in [3.8, 4) is 5.75 Å². The summed E-state index contributed by atoms with van der Waals surface area (Å²) in [7, 11) is -2.55. The van der Waals surface area contributed by atoms with Crippen LogP contribution in [0.2, 0.25) is 0 Å². The number of hydrogen-bond acceptors (Lipinski definition) is 5. The summed E-state index contributed by atoms with van der Waals surface area (Å²) in [6, 6.07) is 18.7. The molecule has 9 heteroatoms. The quantitative estimate of drug-likeness (QED) is 0.287. The van der Waals surface area contributed by atoms with Crippen LogP contribution in [0.4, 0.5) is 5.69 Å². The molecular formula is C34H43N3O5S. The van der Waals surface area contributed by atoms with Gasteiger partial charge in [0, 0.05) is 12.6 Å². The number of nitrogens with zero attached hydrogens (tertiary/aromatic N) is 2. The van der Waals surface area contributed by atoms with Crippen molar-refractivity contribution in [2.75, 3.05) is 18.0 Å². The summed E-state index contributed by atoms with van der Waals surface area (Å²) in [5.41, 5.74) is 3.84. The van der Waals surface area contributed by atoms with Gasteiger partial charge in [-0.3, -0.25) is 13.9 Å². The maximum Gasteiger partial charge on any atom is 0.264 e. The first-order valence-corrected chi connectivity index (χ1v) is 16.4. The fourth-order valence-electron chi connectivity index (χ4n) is 5.69. The second-order valence-corrected chi connectivity index (χ2v) is 13.3. The lowest BCUT2D eigenvalue weighted by molar-refractivity contribution is -0.140. The van der Waals surface area contributed by atoms with Crippen molar-refractivity contribution >= 4 is 27.5 Å². The van der Waals surface area contributed by atoms with Gasteiger partial charge in [-0.15, -0.1) is 0 Å². The molecule has 2 amide bonds. The number of ether oxygens (including phenoxy) is 1. The van der Waals surface area contributed by atoms with Gasteiger partial charge in [-0.2, -0.15) is 0 Å². The molecule has 0 aliphatic heterocycles. The summed E-state index contributed by atoms with van der Waals surface area (Å²) in [6.45, 7) is 7.19. The van der Waals surface area contributed by atoms with Crippen molar-refractivity contribution in [1.29, 1.82) is 0 Å². The maximum atomic E-state index is 14.3. The van der Waals surface area contributed by atoms with Crippen LogP contribution in [-0.4, -0.2) is 50.9 Å². The minimum atomic E-state index is -4.12. The van der Waals surface area contributed by atoms with Gasteiger partial charge in [0.05, 0.1) is 17.7 Å². The Hall–Kier alpha value is -3.85. The number of carbonyl (C=O) groups excluding carboxylic acids is 2. The van der Waals surface area contributed by atoms with Gasteiger partial charge in [0.15, 0.2) is 0 Å². The summed E-state index contributed by atoms with van der Waals surface area (Å²) >= 11 is 0. The molecule has 4 rings (SSSR count). The van der Waals surface area contributed by atoms with Gasteiger partial charge < -0.3 is 15.0 Å². The Kier molecular flexibility index (Phi) is 10.5. The van der Waals surface area contributed by atoms with Crippen LogP contribution in [0.15, 0.2) is 71.6 Å². The Balaban J connectivity index is 1.75. The number of methoxy groups -OCH3 is 1. The molecular weight excluding hydrogens is 562 g/mol. The molecule has 3 aromatic carbocycles. The van der Waals surface area contributed by atoms with E-state index < -0.39 is 28.5 Å². The van der Waals surface area contributed by atoms with E-state index in [4.69, 9.17) is 4.74 Å². The SMILES string of the molecule is CCC(C(=O)NC1CCCC1)N(Cc1cccc(OC)c1)C(=O)CN(c1ccc(C)cc1C)S(=O)(=O)c1ccc(C)cc1. The molecule has 1 fully saturated rings. The first kappa shape index (κ1) is 32.1. The lowest BCUT2D eigenvalue weighted by atomic mass is 10.1.